The third-order valence-electron chi connectivity index (χ3n) is 17.1. The minimum absolute atomic E-state index is 0.00874. The van der Waals surface area contributed by atoms with E-state index >= 15 is 0 Å². The highest BCUT2D eigenvalue weighted by molar-refractivity contribution is 6.14. The average Bonchev–Trinajstić information content (AvgIpc) is 4.03. The van der Waals surface area contributed by atoms with E-state index in [-0.39, 0.29) is 16.9 Å². The Hall–Kier alpha value is -7.68. The van der Waals surface area contributed by atoms with Gasteiger partial charge in [-0.1, -0.05) is 208 Å². The van der Waals surface area contributed by atoms with Crippen LogP contribution >= 0.6 is 0 Å². The second-order valence-electron chi connectivity index (χ2n) is 20.9. The molecule has 0 aliphatic heterocycles. The van der Waals surface area contributed by atoms with Gasteiger partial charge in [-0.05, 0) is 140 Å². The third-order valence-corrected chi connectivity index (χ3v) is 17.1. The summed E-state index contributed by atoms with van der Waals surface area (Å²) in [6.07, 6.45) is 22.4. The molecule has 2 nitrogen and oxygen atoms in total. The van der Waals surface area contributed by atoms with Gasteiger partial charge >= 0.3 is 0 Å². The summed E-state index contributed by atoms with van der Waals surface area (Å²) < 4.78 is 6.73. The van der Waals surface area contributed by atoms with Crippen molar-refractivity contribution in [2.24, 2.45) is 11.8 Å². The Morgan fingerprint density at radius 3 is 2.14 bits per heavy atom. The molecule has 5 aliphatic carbocycles. The van der Waals surface area contributed by atoms with Crippen LogP contribution in [0, 0.1) is 11.8 Å². The van der Waals surface area contributed by atoms with Crippen LogP contribution < -0.4 is 4.90 Å². The van der Waals surface area contributed by atoms with Crippen molar-refractivity contribution in [2.45, 2.75) is 62.8 Å². The Bertz CT molecular complexity index is 3760. The fourth-order valence-corrected chi connectivity index (χ4v) is 13.9. The van der Waals surface area contributed by atoms with Gasteiger partial charge in [-0.2, -0.15) is 0 Å². The summed E-state index contributed by atoms with van der Waals surface area (Å²) in [5, 5.41) is 4.76. The summed E-state index contributed by atoms with van der Waals surface area (Å²) in [5.41, 5.74) is 20.5. The second-order valence-corrected chi connectivity index (χ2v) is 20.9. The number of hydrogen-bond donors (Lipinski definition) is 0. The number of nitrogens with zero attached hydrogens (tertiary/aromatic N) is 1. The predicted molar refractivity (Wildman–Crippen MR) is 293 cm³/mol. The Labute approximate surface area is 411 Å². The number of fused-ring (bicyclic) bond motifs is 10. The maximum absolute atomic E-state index is 6.73. The highest BCUT2D eigenvalue weighted by Gasteiger charge is 2.50. The van der Waals surface area contributed by atoms with E-state index in [4.69, 9.17) is 4.42 Å². The van der Waals surface area contributed by atoms with Crippen molar-refractivity contribution in [3.8, 4) is 22.3 Å². The molecule has 1 aromatic heterocycles. The molecule has 70 heavy (non-hydrogen) atoms. The van der Waals surface area contributed by atoms with E-state index < -0.39 is 0 Å². The topological polar surface area (TPSA) is 16.4 Å². The molecular formula is C68H55NO. The summed E-state index contributed by atoms with van der Waals surface area (Å²) in [5.74, 6) is 0.813. The minimum Gasteiger partial charge on any atom is -0.455 e. The molecule has 0 fully saturated rings. The number of anilines is 1. The largest absolute Gasteiger partial charge is 0.455 e. The van der Waals surface area contributed by atoms with Crippen LogP contribution in [0.1, 0.15) is 79.3 Å². The molecule has 0 saturated heterocycles. The van der Waals surface area contributed by atoms with Crippen LogP contribution in [0.5, 0.6) is 0 Å². The summed E-state index contributed by atoms with van der Waals surface area (Å²) in [7, 11) is 0. The molecule has 0 bridgehead atoms. The standard InChI is InChI=1S/C68H55NO/c1-67(2)60-29-14-11-24-53(60)55-40-37-49(42-62(55)67)69(50-38-41-56-54-25-12-15-30-61(54)68(63(56)43-50,46-19-5-3-6-20-46)47-21-7-4-8-22-47)48-35-32-45(33-36-48)52-39-34-44-18-9-10-23-51(44)65(52)59-28-17-27-58-57-26-13-16-31-64(57)70-66(58)59/h3-7,9-20,23-35,37-41,43,47-48,62H,8,21-22,36,42H2,1-2H3. The second kappa shape index (κ2) is 15.9. The molecule has 0 saturated carbocycles. The number of benzene rings is 8. The van der Waals surface area contributed by atoms with E-state index in [1.807, 2.05) is 0 Å². The lowest BCUT2D eigenvalue weighted by molar-refractivity contribution is 0.349. The molecule has 4 atom stereocenters. The fourth-order valence-electron chi connectivity index (χ4n) is 13.9. The van der Waals surface area contributed by atoms with Gasteiger partial charge in [0.1, 0.15) is 11.2 Å². The van der Waals surface area contributed by atoms with Crippen LogP contribution in [0.3, 0.4) is 0 Å². The molecule has 338 valence electrons. The van der Waals surface area contributed by atoms with Gasteiger partial charge in [0.2, 0.25) is 0 Å². The SMILES string of the molecule is CC1(C)c2ccccc2C2=CC=C(N(c3ccc4c(c3)C(c3ccccc3)(C3CC=CCC3)c3ccccc3-4)C3C=CC(c4ccc5ccccc5c4-c4cccc5c4oc4ccccc45)=CC3)CC21. The van der Waals surface area contributed by atoms with E-state index in [1.165, 1.54) is 83.4 Å². The van der Waals surface area contributed by atoms with E-state index in [9.17, 15) is 0 Å². The van der Waals surface area contributed by atoms with Gasteiger partial charge in [-0.15, -0.1) is 0 Å². The minimum atomic E-state index is -0.270. The van der Waals surface area contributed by atoms with E-state index in [0.29, 0.717) is 11.8 Å². The molecular weight excluding hydrogens is 847 g/mol. The van der Waals surface area contributed by atoms with E-state index in [2.05, 4.69) is 237 Å². The maximum atomic E-state index is 6.73. The first-order valence-electron chi connectivity index (χ1n) is 25.5. The number of para-hydroxylation sites is 2. The lowest BCUT2D eigenvalue weighted by Crippen LogP contribution is -2.38. The van der Waals surface area contributed by atoms with Gasteiger partial charge in [-0.3, -0.25) is 0 Å². The first-order chi connectivity index (χ1) is 34.5. The number of hydrogen-bond acceptors (Lipinski definition) is 2. The van der Waals surface area contributed by atoms with Gasteiger partial charge in [0, 0.05) is 38.7 Å². The Morgan fingerprint density at radius 1 is 0.571 bits per heavy atom. The van der Waals surface area contributed by atoms with Gasteiger partial charge in [0.15, 0.2) is 0 Å². The molecule has 14 rings (SSSR count). The van der Waals surface area contributed by atoms with Crippen molar-refractivity contribution in [1.82, 2.24) is 0 Å². The molecule has 5 aliphatic rings. The molecule has 0 spiro atoms. The Kier molecular flexibility index (Phi) is 9.40. The molecule has 4 unspecified atom stereocenters. The highest BCUT2D eigenvalue weighted by Crippen LogP contribution is 2.60. The molecule has 0 radical (unpaired) electrons. The maximum Gasteiger partial charge on any atom is 0.143 e. The zero-order valence-corrected chi connectivity index (χ0v) is 39.9. The lowest BCUT2D eigenvalue weighted by atomic mass is 9.61. The Balaban J connectivity index is 0.926. The molecule has 8 aromatic carbocycles. The van der Waals surface area contributed by atoms with Crippen molar-refractivity contribution in [3.63, 3.8) is 0 Å². The Morgan fingerprint density at radius 2 is 1.30 bits per heavy atom. The lowest BCUT2D eigenvalue weighted by Gasteiger charge is -2.43. The van der Waals surface area contributed by atoms with Crippen LogP contribution in [0.2, 0.25) is 0 Å². The third kappa shape index (κ3) is 6.05. The zero-order valence-electron chi connectivity index (χ0n) is 39.9. The summed E-state index contributed by atoms with van der Waals surface area (Å²) in [6.45, 7) is 4.93. The average molecular weight is 902 g/mol. The fraction of sp³-hybridized carbons (Fsp3) is 0.176. The van der Waals surface area contributed by atoms with Crippen molar-refractivity contribution in [1.29, 1.82) is 0 Å². The van der Waals surface area contributed by atoms with Gasteiger partial charge in [0.25, 0.3) is 0 Å². The van der Waals surface area contributed by atoms with Gasteiger partial charge in [-0.25, -0.2) is 0 Å². The first kappa shape index (κ1) is 41.3. The van der Waals surface area contributed by atoms with Crippen LogP contribution in [0.25, 0.3) is 66.1 Å². The first-order valence-corrected chi connectivity index (χ1v) is 25.5. The summed E-state index contributed by atoms with van der Waals surface area (Å²) in [4.78, 5) is 2.73. The predicted octanol–water partition coefficient (Wildman–Crippen LogP) is 17.6. The highest BCUT2D eigenvalue weighted by atomic mass is 16.3. The van der Waals surface area contributed by atoms with Crippen molar-refractivity contribution < 1.29 is 4.42 Å². The number of rotatable bonds is 7. The van der Waals surface area contributed by atoms with Crippen molar-refractivity contribution in [2.75, 3.05) is 4.90 Å². The van der Waals surface area contributed by atoms with Crippen LogP contribution in [-0.4, -0.2) is 6.04 Å². The van der Waals surface area contributed by atoms with Gasteiger partial charge in [0.05, 0.1) is 6.04 Å². The molecule has 2 heteroatoms. The van der Waals surface area contributed by atoms with E-state index in [0.717, 1.165) is 59.6 Å². The summed E-state index contributed by atoms with van der Waals surface area (Å²) >= 11 is 0. The van der Waals surface area contributed by atoms with Crippen LogP contribution in [0.15, 0.2) is 229 Å². The normalized spacial score (nSPS) is 21.7. The van der Waals surface area contributed by atoms with Crippen molar-refractivity contribution in [3.05, 3.63) is 258 Å². The zero-order chi connectivity index (χ0) is 46.6. The number of furan rings is 1. The van der Waals surface area contributed by atoms with Gasteiger partial charge < -0.3 is 9.32 Å². The molecule has 0 N–H and O–H groups in total. The monoisotopic (exact) mass is 901 g/mol. The molecule has 9 aromatic rings. The quantitative estimate of drug-likeness (QED) is 0.148. The van der Waals surface area contributed by atoms with Crippen molar-refractivity contribution >= 4 is 49.5 Å². The number of allylic oxidation sites excluding steroid dienone is 8. The van der Waals surface area contributed by atoms with Crippen LogP contribution in [0.4, 0.5) is 5.69 Å². The van der Waals surface area contributed by atoms with E-state index in [1.54, 1.807) is 0 Å². The summed E-state index contributed by atoms with van der Waals surface area (Å²) in [6, 6.07) is 66.1. The molecule has 1 heterocycles. The van der Waals surface area contributed by atoms with Crippen LogP contribution in [-0.2, 0) is 10.8 Å². The smallest absolute Gasteiger partial charge is 0.143 e. The molecule has 0 amide bonds.